The second-order valence-corrected chi connectivity index (χ2v) is 6.44. The molecule has 0 spiro atoms. The van der Waals surface area contributed by atoms with Crippen molar-refractivity contribution < 1.29 is 4.79 Å². The zero-order chi connectivity index (χ0) is 14.1. The summed E-state index contributed by atoms with van der Waals surface area (Å²) < 4.78 is 1.12. The Kier molecular flexibility index (Phi) is 3.63. The first-order valence-electron chi connectivity index (χ1n) is 6.90. The van der Waals surface area contributed by atoms with Crippen LogP contribution < -0.4 is 5.73 Å². The van der Waals surface area contributed by atoms with E-state index in [1.807, 2.05) is 29.2 Å². The molecule has 0 radical (unpaired) electrons. The molecule has 20 heavy (non-hydrogen) atoms. The second kappa shape index (κ2) is 5.42. The zero-order valence-electron chi connectivity index (χ0n) is 11.6. The van der Waals surface area contributed by atoms with Crippen LogP contribution in [0.3, 0.4) is 0 Å². The number of rotatable bonds is 1. The fraction of sp³-hybridized carbons (Fsp3) is 0.400. The summed E-state index contributed by atoms with van der Waals surface area (Å²) in [6.07, 6.45) is 1.04. The standard InChI is InChI=1S/C15H19N3OS/c1-17-5-2-6-18(8-7-17)15(19)14-10-11-9-12(16)3-4-13(11)20-14/h3-4,9-10H,2,5-8,16H2,1H3. The number of nitrogens with two attached hydrogens (primary N) is 1. The van der Waals surface area contributed by atoms with Crippen molar-refractivity contribution in [3.8, 4) is 0 Å². The molecular weight excluding hydrogens is 270 g/mol. The Hall–Kier alpha value is -1.59. The number of fused-ring (bicyclic) bond motifs is 1. The van der Waals surface area contributed by atoms with Gasteiger partial charge in [0.05, 0.1) is 4.88 Å². The smallest absolute Gasteiger partial charge is 0.264 e. The monoisotopic (exact) mass is 289 g/mol. The fourth-order valence-electron chi connectivity index (χ4n) is 2.57. The molecule has 2 aromatic rings. The van der Waals surface area contributed by atoms with E-state index in [2.05, 4.69) is 11.9 Å². The maximum atomic E-state index is 12.6. The van der Waals surface area contributed by atoms with Gasteiger partial charge in [-0.2, -0.15) is 0 Å². The number of hydrogen-bond donors (Lipinski definition) is 1. The summed E-state index contributed by atoms with van der Waals surface area (Å²) in [4.78, 5) is 17.7. The lowest BCUT2D eigenvalue weighted by atomic mass is 10.2. The van der Waals surface area contributed by atoms with Crippen LogP contribution in [0, 0.1) is 0 Å². The minimum atomic E-state index is 0.153. The molecule has 2 N–H and O–H groups in total. The molecule has 0 aliphatic carbocycles. The van der Waals surface area contributed by atoms with Crippen LogP contribution in [-0.4, -0.2) is 48.9 Å². The number of nitrogen functional groups attached to an aromatic ring is 1. The molecule has 0 saturated carbocycles. The van der Waals surface area contributed by atoms with Gasteiger partial charge < -0.3 is 15.5 Å². The van der Waals surface area contributed by atoms with E-state index >= 15 is 0 Å². The normalized spacial score (nSPS) is 17.4. The van der Waals surface area contributed by atoms with E-state index in [1.54, 1.807) is 11.3 Å². The Labute approximate surface area is 122 Å². The lowest BCUT2D eigenvalue weighted by Crippen LogP contribution is -2.34. The van der Waals surface area contributed by atoms with Crippen LogP contribution >= 0.6 is 11.3 Å². The summed E-state index contributed by atoms with van der Waals surface area (Å²) in [5.41, 5.74) is 6.53. The number of thiophene rings is 1. The summed E-state index contributed by atoms with van der Waals surface area (Å²) in [6.45, 7) is 3.67. The molecule has 0 atom stereocenters. The predicted molar refractivity (Wildman–Crippen MR) is 84.3 cm³/mol. The summed E-state index contributed by atoms with van der Waals surface area (Å²) in [6, 6.07) is 7.77. The molecule has 1 saturated heterocycles. The van der Waals surface area contributed by atoms with Crippen molar-refractivity contribution in [1.82, 2.24) is 9.80 Å². The van der Waals surface area contributed by atoms with Gasteiger partial charge in [-0.15, -0.1) is 11.3 Å². The molecular formula is C15H19N3OS. The van der Waals surface area contributed by atoms with E-state index in [0.29, 0.717) is 0 Å². The second-order valence-electron chi connectivity index (χ2n) is 5.36. The molecule has 106 valence electrons. The molecule has 2 heterocycles. The minimum absolute atomic E-state index is 0.153. The van der Waals surface area contributed by atoms with E-state index < -0.39 is 0 Å². The number of amides is 1. The predicted octanol–water partition coefficient (Wildman–Crippen LogP) is 2.26. The first-order valence-corrected chi connectivity index (χ1v) is 7.72. The van der Waals surface area contributed by atoms with Crippen LogP contribution in [0.4, 0.5) is 5.69 Å². The number of likely N-dealkylation sites (N-methyl/N-ethyl adjacent to an activating group) is 1. The average Bonchev–Trinajstić information content (AvgIpc) is 2.72. The summed E-state index contributed by atoms with van der Waals surface area (Å²) in [5.74, 6) is 0.153. The quantitative estimate of drug-likeness (QED) is 0.819. The Morgan fingerprint density at radius 2 is 2.05 bits per heavy atom. The van der Waals surface area contributed by atoms with Crippen LogP contribution in [0.1, 0.15) is 16.1 Å². The van der Waals surface area contributed by atoms with Crippen molar-refractivity contribution in [2.75, 3.05) is 39.0 Å². The zero-order valence-corrected chi connectivity index (χ0v) is 12.4. The number of nitrogens with zero attached hydrogens (tertiary/aromatic N) is 2. The van der Waals surface area contributed by atoms with Crippen LogP contribution in [0.25, 0.3) is 10.1 Å². The van der Waals surface area contributed by atoms with E-state index in [1.165, 1.54) is 0 Å². The van der Waals surface area contributed by atoms with E-state index in [4.69, 9.17) is 5.73 Å². The summed E-state index contributed by atoms with van der Waals surface area (Å²) >= 11 is 1.55. The molecule has 1 amide bonds. The number of carbonyl (C=O) groups is 1. The molecule has 4 nitrogen and oxygen atoms in total. The third-order valence-corrected chi connectivity index (χ3v) is 4.86. The highest BCUT2D eigenvalue weighted by Crippen LogP contribution is 2.28. The van der Waals surface area contributed by atoms with E-state index in [-0.39, 0.29) is 5.91 Å². The molecule has 1 aliphatic heterocycles. The summed E-state index contributed by atoms with van der Waals surface area (Å²) in [5, 5.41) is 1.06. The van der Waals surface area contributed by atoms with Crippen LogP contribution in [-0.2, 0) is 0 Å². The molecule has 0 bridgehead atoms. The van der Waals surface area contributed by atoms with Crippen LogP contribution in [0.5, 0.6) is 0 Å². The highest BCUT2D eigenvalue weighted by molar-refractivity contribution is 7.20. The number of hydrogen-bond acceptors (Lipinski definition) is 4. The SMILES string of the molecule is CN1CCCN(C(=O)c2cc3cc(N)ccc3s2)CC1. The Balaban J connectivity index is 1.84. The lowest BCUT2D eigenvalue weighted by Gasteiger charge is -2.19. The Morgan fingerprint density at radius 3 is 2.90 bits per heavy atom. The van der Waals surface area contributed by atoms with Gasteiger partial charge in [0.2, 0.25) is 0 Å². The van der Waals surface area contributed by atoms with Crippen LogP contribution in [0.15, 0.2) is 24.3 Å². The number of benzene rings is 1. The largest absolute Gasteiger partial charge is 0.399 e. The molecule has 1 fully saturated rings. The van der Waals surface area contributed by atoms with Crippen molar-refractivity contribution in [2.24, 2.45) is 0 Å². The van der Waals surface area contributed by atoms with E-state index in [9.17, 15) is 4.79 Å². The third-order valence-electron chi connectivity index (χ3n) is 3.76. The topological polar surface area (TPSA) is 49.6 Å². The highest BCUT2D eigenvalue weighted by Gasteiger charge is 2.20. The van der Waals surface area contributed by atoms with E-state index in [0.717, 1.165) is 53.3 Å². The molecule has 1 aromatic carbocycles. The molecule has 1 aliphatic rings. The fourth-order valence-corrected chi connectivity index (χ4v) is 3.58. The summed E-state index contributed by atoms with van der Waals surface area (Å²) in [7, 11) is 2.11. The molecule has 0 unspecified atom stereocenters. The first kappa shape index (κ1) is 13.4. The number of anilines is 1. The van der Waals surface area contributed by atoms with Gasteiger partial charge in [-0.25, -0.2) is 0 Å². The number of carbonyl (C=O) groups excluding carboxylic acids is 1. The van der Waals surface area contributed by atoms with Crippen molar-refractivity contribution in [3.05, 3.63) is 29.1 Å². The minimum Gasteiger partial charge on any atom is -0.399 e. The van der Waals surface area contributed by atoms with Crippen molar-refractivity contribution in [2.45, 2.75) is 6.42 Å². The van der Waals surface area contributed by atoms with Gasteiger partial charge in [0.25, 0.3) is 5.91 Å². The molecule has 1 aromatic heterocycles. The third kappa shape index (κ3) is 2.64. The van der Waals surface area contributed by atoms with Gasteiger partial charge in [-0.3, -0.25) is 4.79 Å². The first-order chi connectivity index (χ1) is 9.63. The van der Waals surface area contributed by atoms with Crippen molar-refractivity contribution in [1.29, 1.82) is 0 Å². The van der Waals surface area contributed by atoms with Crippen LogP contribution in [0.2, 0.25) is 0 Å². The Bertz CT molecular complexity index is 637. The lowest BCUT2D eigenvalue weighted by molar-refractivity contribution is 0.0768. The van der Waals surface area contributed by atoms with Gasteiger partial charge >= 0.3 is 0 Å². The molecule has 5 heteroatoms. The maximum absolute atomic E-state index is 12.6. The molecule has 3 rings (SSSR count). The van der Waals surface area contributed by atoms with Gasteiger partial charge in [-0.1, -0.05) is 0 Å². The van der Waals surface area contributed by atoms with Gasteiger partial charge in [0, 0.05) is 30.0 Å². The van der Waals surface area contributed by atoms with Crippen molar-refractivity contribution >= 4 is 33.0 Å². The Morgan fingerprint density at radius 1 is 1.20 bits per heavy atom. The van der Waals surface area contributed by atoms with Gasteiger partial charge in [-0.05, 0) is 49.7 Å². The van der Waals surface area contributed by atoms with Gasteiger partial charge in [0.15, 0.2) is 0 Å². The maximum Gasteiger partial charge on any atom is 0.264 e. The van der Waals surface area contributed by atoms with Crippen molar-refractivity contribution in [3.63, 3.8) is 0 Å². The van der Waals surface area contributed by atoms with Gasteiger partial charge in [0.1, 0.15) is 0 Å². The highest BCUT2D eigenvalue weighted by atomic mass is 32.1. The average molecular weight is 289 g/mol.